The molecule has 0 aromatic rings. The summed E-state index contributed by atoms with van der Waals surface area (Å²) in [6, 6.07) is 0. The van der Waals surface area contributed by atoms with E-state index in [2.05, 4.69) is 26.0 Å². The fourth-order valence-corrected chi connectivity index (χ4v) is 7.73. The predicted octanol–water partition coefficient (Wildman–Crippen LogP) is 16.4. The van der Waals surface area contributed by atoms with Crippen molar-refractivity contribution in [1.29, 1.82) is 0 Å². The van der Waals surface area contributed by atoms with Crippen molar-refractivity contribution < 1.29 is 24.2 Å². The minimum absolute atomic E-state index is 0.0601. The number of aliphatic hydroxyl groups is 1. The van der Waals surface area contributed by atoms with Crippen LogP contribution < -0.4 is 0 Å². The average molecular weight is 791 g/mol. The van der Waals surface area contributed by atoms with Crippen LogP contribution in [-0.4, -0.2) is 36.4 Å². The van der Waals surface area contributed by atoms with Crippen LogP contribution in [0.4, 0.5) is 0 Å². The summed E-state index contributed by atoms with van der Waals surface area (Å²) >= 11 is 0. The van der Waals surface area contributed by atoms with E-state index in [0.717, 1.165) is 38.5 Å². The van der Waals surface area contributed by atoms with Crippen LogP contribution in [0.1, 0.15) is 284 Å². The van der Waals surface area contributed by atoms with Gasteiger partial charge in [0.15, 0.2) is 6.10 Å². The molecule has 0 fully saturated rings. The van der Waals surface area contributed by atoms with E-state index >= 15 is 0 Å². The van der Waals surface area contributed by atoms with Gasteiger partial charge in [-0.2, -0.15) is 0 Å². The maximum absolute atomic E-state index is 12.3. The van der Waals surface area contributed by atoms with Gasteiger partial charge in [0.05, 0.1) is 6.61 Å². The zero-order valence-corrected chi connectivity index (χ0v) is 37.9. The van der Waals surface area contributed by atoms with Gasteiger partial charge in [-0.25, -0.2) is 0 Å². The van der Waals surface area contributed by atoms with E-state index in [0.29, 0.717) is 12.8 Å². The van der Waals surface area contributed by atoms with Crippen molar-refractivity contribution in [3.8, 4) is 0 Å². The molecule has 1 N–H and O–H groups in total. The number of unbranched alkanes of at least 4 members (excludes halogenated alkanes) is 37. The molecule has 0 saturated carbocycles. The number of allylic oxidation sites excluding steroid dienone is 2. The highest BCUT2D eigenvalue weighted by Gasteiger charge is 2.16. The molecule has 0 radical (unpaired) electrons. The Labute approximate surface area is 350 Å². The summed E-state index contributed by atoms with van der Waals surface area (Å²) in [6.45, 7) is 4.18. The van der Waals surface area contributed by atoms with Gasteiger partial charge in [-0.15, -0.1) is 0 Å². The molecule has 0 amide bonds. The second kappa shape index (κ2) is 48.0. The fraction of sp³-hybridized carbons (Fsp3) is 0.922. The molecule has 0 aliphatic rings. The van der Waals surface area contributed by atoms with Gasteiger partial charge in [-0.3, -0.25) is 9.59 Å². The van der Waals surface area contributed by atoms with Gasteiger partial charge in [0.25, 0.3) is 0 Å². The van der Waals surface area contributed by atoms with Gasteiger partial charge >= 0.3 is 11.9 Å². The van der Waals surface area contributed by atoms with Crippen molar-refractivity contribution in [3.63, 3.8) is 0 Å². The first-order valence-corrected chi connectivity index (χ1v) is 25.2. The molecule has 0 rings (SSSR count). The highest BCUT2D eigenvalue weighted by atomic mass is 16.6. The Morgan fingerprint density at radius 1 is 0.393 bits per heavy atom. The number of carbonyl (C=O) groups is 2. The van der Waals surface area contributed by atoms with Gasteiger partial charge < -0.3 is 14.6 Å². The van der Waals surface area contributed by atoms with Gasteiger partial charge in [0.1, 0.15) is 6.61 Å². The molecule has 0 aliphatic carbocycles. The first kappa shape index (κ1) is 54.6. The molecule has 56 heavy (non-hydrogen) atoms. The maximum Gasteiger partial charge on any atom is 0.306 e. The van der Waals surface area contributed by atoms with E-state index in [1.54, 1.807) is 0 Å². The molecule has 5 nitrogen and oxygen atoms in total. The van der Waals surface area contributed by atoms with Crippen molar-refractivity contribution in [3.05, 3.63) is 12.2 Å². The summed E-state index contributed by atoms with van der Waals surface area (Å²) in [5.74, 6) is -0.574. The van der Waals surface area contributed by atoms with E-state index in [1.165, 1.54) is 218 Å². The number of hydrogen-bond donors (Lipinski definition) is 1. The van der Waals surface area contributed by atoms with Crippen LogP contribution in [0.15, 0.2) is 12.2 Å². The van der Waals surface area contributed by atoms with Crippen molar-refractivity contribution >= 4 is 11.9 Å². The van der Waals surface area contributed by atoms with Crippen molar-refractivity contribution in [2.45, 2.75) is 290 Å². The van der Waals surface area contributed by atoms with Crippen LogP contribution in [0.2, 0.25) is 0 Å². The summed E-state index contributed by atoms with van der Waals surface area (Å²) in [4.78, 5) is 24.4. The van der Waals surface area contributed by atoms with Crippen LogP contribution in [0.25, 0.3) is 0 Å². The summed E-state index contributed by atoms with van der Waals surface area (Å²) in [7, 11) is 0. The normalized spacial score (nSPS) is 12.1. The zero-order valence-electron chi connectivity index (χ0n) is 37.9. The van der Waals surface area contributed by atoms with Crippen molar-refractivity contribution in [2.75, 3.05) is 13.2 Å². The molecule has 5 heteroatoms. The third-order valence-corrected chi connectivity index (χ3v) is 11.6. The number of hydrogen-bond acceptors (Lipinski definition) is 5. The Bertz CT molecular complexity index is 810. The molecule has 332 valence electrons. The molecule has 0 bridgehead atoms. The average Bonchev–Trinajstić information content (AvgIpc) is 3.20. The lowest BCUT2D eigenvalue weighted by Gasteiger charge is -2.15. The zero-order chi connectivity index (χ0) is 40.7. The third kappa shape index (κ3) is 45.3. The number of esters is 2. The first-order chi connectivity index (χ1) is 27.6. The molecule has 0 saturated heterocycles. The summed E-state index contributed by atoms with van der Waals surface area (Å²) in [5, 5.41) is 9.62. The smallest absolute Gasteiger partial charge is 0.306 e. The Kier molecular flexibility index (Phi) is 46.8. The van der Waals surface area contributed by atoms with Crippen LogP contribution in [0, 0.1) is 0 Å². The minimum Gasteiger partial charge on any atom is -0.462 e. The fourth-order valence-electron chi connectivity index (χ4n) is 7.73. The second-order valence-electron chi connectivity index (χ2n) is 17.3. The minimum atomic E-state index is -0.767. The van der Waals surface area contributed by atoms with Crippen LogP contribution in [0.5, 0.6) is 0 Å². The Hall–Kier alpha value is -1.36. The van der Waals surface area contributed by atoms with Crippen molar-refractivity contribution in [2.24, 2.45) is 0 Å². The largest absolute Gasteiger partial charge is 0.462 e. The summed E-state index contributed by atoms with van der Waals surface area (Å²) < 4.78 is 10.7. The quantitative estimate of drug-likeness (QED) is 0.0378. The second-order valence-corrected chi connectivity index (χ2v) is 17.3. The van der Waals surface area contributed by atoms with Gasteiger partial charge in [0.2, 0.25) is 0 Å². The maximum atomic E-state index is 12.3. The molecule has 0 aromatic carbocycles. The molecule has 0 unspecified atom stereocenters. The van der Waals surface area contributed by atoms with E-state index in [4.69, 9.17) is 9.47 Å². The van der Waals surface area contributed by atoms with Gasteiger partial charge in [0, 0.05) is 12.8 Å². The van der Waals surface area contributed by atoms with Crippen molar-refractivity contribution in [1.82, 2.24) is 0 Å². The van der Waals surface area contributed by atoms with E-state index in [1.807, 2.05) is 0 Å². The van der Waals surface area contributed by atoms with Crippen LogP contribution >= 0.6 is 0 Å². The van der Waals surface area contributed by atoms with Gasteiger partial charge in [-0.05, 0) is 38.5 Å². The molecular weight excluding hydrogens is 693 g/mol. The van der Waals surface area contributed by atoms with Crippen LogP contribution in [0.3, 0.4) is 0 Å². The first-order valence-electron chi connectivity index (χ1n) is 25.2. The van der Waals surface area contributed by atoms with E-state index in [-0.39, 0.29) is 25.2 Å². The summed E-state index contributed by atoms with van der Waals surface area (Å²) in [6.07, 6.45) is 57.3. The molecule has 0 aromatic heterocycles. The number of ether oxygens (including phenoxy) is 2. The monoisotopic (exact) mass is 791 g/mol. The lowest BCUT2D eigenvalue weighted by Crippen LogP contribution is -2.28. The Morgan fingerprint density at radius 3 is 0.964 bits per heavy atom. The SMILES string of the molecule is CCCCCCCC/C=C/CCCCCCCCCCCC(=O)OC[C@H](CO)OC(=O)CCCCCCCCCCCCCCCCCCCCCCCCC. The molecule has 1 atom stereocenters. The lowest BCUT2D eigenvalue weighted by atomic mass is 10.0. The highest BCUT2D eigenvalue weighted by Crippen LogP contribution is 2.17. The summed E-state index contributed by atoms with van der Waals surface area (Å²) in [5.41, 5.74) is 0. The molecule has 0 spiro atoms. The molecular formula is C51H98O5. The van der Waals surface area contributed by atoms with E-state index in [9.17, 15) is 14.7 Å². The number of rotatable bonds is 47. The standard InChI is InChI=1S/C51H98O5/c1-3-5-7-9-11-13-15-17-19-21-23-24-25-26-28-30-32-34-36-38-40-42-44-46-51(54)56-49(47-52)48-55-50(53)45-43-41-39-37-35-33-31-29-27-22-20-18-16-14-12-10-8-6-4-2/h18,20,49,52H,3-17,19,21-48H2,1-2H3/b20-18+/t49-/m0/s1. The lowest BCUT2D eigenvalue weighted by molar-refractivity contribution is -0.161. The van der Waals surface area contributed by atoms with Gasteiger partial charge in [-0.1, -0.05) is 244 Å². The number of carbonyl (C=O) groups excluding carboxylic acids is 2. The van der Waals surface area contributed by atoms with E-state index < -0.39 is 6.10 Å². The van der Waals surface area contributed by atoms with Crippen LogP contribution in [-0.2, 0) is 19.1 Å². The molecule has 0 aliphatic heterocycles. The Morgan fingerprint density at radius 2 is 0.661 bits per heavy atom. The number of aliphatic hydroxyl groups excluding tert-OH is 1. The Balaban J connectivity index is 3.44. The predicted molar refractivity (Wildman–Crippen MR) is 242 cm³/mol. The third-order valence-electron chi connectivity index (χ3n) is 11.6. The topological polar surface area (TPSA) is 72.8 Å². The highest BCUT2D eigenvalue weighted by molar-refractivity contribution is 5.70. The molecule has 0 heterocycles.